The predicted octanol–water partition coefficient (Wildman–Crippen LogP) is 5.41. The van der Waals surface area contributed by atoms with Gasteiger partial charge in [0.05, 0.1) is 5.56 Å². The van der Waals surface area contributed by atoms with Crippen molar-refractivity contribution in [1.29, 1.82) is 0 Å². The molecule has 1 N–H and O–H groups in total. The minimum absolute atomic E-state index is 0.0726. The number of nitrogens with one attached hydrogen (secondary N) is 1. The first kappa shape index (κ1) is 27.0. The summed E-state index contributed by atoms with van der Waals surface area (Å²) >= 11 is 7.88. The second kappa shape index (κ2) is 12.5. The van der Waals surface area contributed by atoms with E-state index in [-0.39, 0.29) is 36.4 Å². The van der Waals surface area contributed by atoms with Crippen LogP contribution in [0.25, 0.3) is 11.4 Å². The molecule has 5 rings (SSSR count). The molecule has 1 unspecified atom stereocenters. The van der Waals surface area contributed by atoms with Crippen LogP contribution in [0.4, 0.5) is 4.39 Å². The third-order valence-corrected chi connectivity index (χ3v) is 8.08. The molecule has 0 radical (unpaired) electrons. The topological polar surface area (TPSA) is 93.0 Å². The Morgan fingerprint density at radius 1 is 1.08 bits per heavy atom. The van der Waals surface area contributed by atoms with E-state index in [1.54, 1.807) is 24.3 Å². The number of tetrazole rings is 1. The van der Waals surface area contributed by atoms with Crippen molar-refractivity contribution >= 4 is 34.8 Å². The van der Waals surface area contributed by atoms with Crippen molar-refractivity contribution in [3.63, 3.8) is 0 Å². The lowest BCUT2D eigenvalue weighted by atomic mass is 9.95. The van der Waals surface area contributed by atoms with Gasteiger partial charge in [-0.2, -0.15) is 4.80 Å². The summed E-state index contributed by atoms with van der Waals surface area (Å²) in [6, 6.07) is 16.3. The maximum atomic E-state index is 14.3. The summed E-state index contributed by atoms with van der Waals surface area (Å²) in [5, 5.41) is 17.7. The monoisotopic (exact) mass is 566 g/mol. The molecule has 39 heavy (non-hydrogen) atoms. The quantitative estimate of drug-likeness (QED) is 0.292. The number of nitrogens with zero attached hydrogens (tertiary/aromatic N) is 5. The van der Waals surface area contributed by atoms with Gasteiger partial charge in [-0.05, 0) is 53.3 Å². The van der Waals surface area contributed by atoms with E-state index in [0.717, 1.165) is 41.8 Å². The van der Waals surface area contributed by atoms with E-state index in [4.69, 9.17) is 11.6 Å². The molecule has 0 spiro atoms. The molecule has 8 nitrogen and oxygen atoms in total. The van der Waals surface area contributed by atoms with Gasteiger partial charge in [-0.1, -0.05) is 67.3 Å². The molecule has 0 saturated heterocycles. The molecular weight excluding hydrogens is 539 g/mol. The second-order valence-corrected chi connectivity index (χ2v) is 10.9. The summed E-state index contributed by atoms with van der Waals surface area (Å²) in [4.78, 5) is 31.0. The molecule has 1 saturated carbocycles. The van der Waals surface area contributed by atoms with E-state index < -0.39 is 17.8 Å². The van der Waals surface area contributed by atoms with Crippen LogP contribution in [0.1, 0.15) is 48.6 Å². The van der Waals surface area contributed by atoms with Crippen molar-refractivity contribution in [1.82, 2.24) is 30.4 Å². The van der Waals surface area contributed by atoms with Gasteiger partial charge >= 0.3 is 0 Å². The lowest BCUT2D eigenvalue weighted by Crippen LogP contribution is -2.47. The Morgan fingerprint density at radius 2 is 1.85 bits per heavy atom. The zero-order chi connectivity index (χ0) is 27.2. The smallest absolute Gasteiger partial charge is 0.248 e. The highest BCUT2D eigenvalue weighted by atomic mass is 35.5. The summed E-state index contributed by atoms with van der Waals surface area (Å²) in [5.74, 6) is -1.04. The predicted molar refractivity (Wildman–Crippen MR) is 147 cm³/mol. The highest BCUT2D eigenvalue weighted by molar-refractivity contribution is 7.10. The standard InChI is InChI=1S/C28H28ClFN6O2S/c29-22-13-6-4-9-19(22)17-35(25(37)18-36-33-27(32-34-36)21-12-5-7-14-23(21)30)26(24-15-8-16-39-24)28(38)31-20-10-2-1-3-11-20/h4-9,12-16,20,26H,1-3,10-11,17-18H2,(H,31,38). The van der Waals surface area contributed by atoms with Gasteiger partial charge in [-0.15, -0.1) is 21.5 Å². The molecule has 2 heterocycles. The van der Waals surface area contributed by atoms with Crippen LogP contribution in [0.5, 0.6) is 0 Å². The highest BCUT2D eigenvalue weighted by Gasteiger charge is 2.34. The number of amides is 2. The lowest BCUT2D eigenvalue weighted by Gasteiger charge is -2.32. The number of thiophene rings is 1. The van der Waals surface area contributed by atoms with Gasteiger partial charge in [0.2, 0.25) is 17.6 Å². The van der Waals surface area contributed by atoms with Gasteiger partial charge in [0.25, 0.3) is 0 Å². The number of carbonyl (C=O) groups excluding carboxylic acids is 2. The SMILES string of the molecule is O=C(NC1CCCCC1)C(c1cccs1)N(Cc1ccccc1Cl)C(=O)Cn1nnc(-c2ccccc2F)n1. The Labute approximate surface area is 234 Å². The first-order valence-corrected chi connectivity index (χ1v) is 14.1. The van der Waals surface area contributed by atoms with E-state index in [9.17, 15) is 14.0 Å². The molecule has 0 bridgehead atoms. The Kier molecular flexibility index (Phi) is 8.63. The number of aromatic nitrogens is 4. The number of carbonyl (C=O) groups is 2. The Balaban J connectivity index is 1.45. The zero-order valence-electron chi connectivity index (χ0n) is 21.2. The molecule has 1 atom stereocenters. The van der Waals surface area contributed by atoms with Crippen LogP contribution >= 0.6 is 22.9 Å². The van der Waals surface area contributed by atoms with Crippen molar-refractivity contribution < 1.29 is 14.0 Å². The van der Waals surface area contributed by atoms with Gasteiger partial charge in [0.15, 0.2) is 0 Å². The molecule has 1 aliphatic carbocycles. The van der Waals surface area contributed by atoms with Crippen LogP contribution in [-0.2, 0) is 22.7 Å². The first-order valence-electron chi connectivity index (χ1n) is 12.9. The molecule has 2 amide bonds. The molecule has 0 aliphatic heterocycles. The minimum Gasteiger partial charge on any atom is -0.351 e. The molecule has 11 heteroatoms. The van der Waals surface area contributed by atoms with E-state index in [1.807, 2.05) is 35.7 Å². The average molecular weight is 567 g/mol. The molecule has 1 aliphatic rings. The number of benzene rings is 2. The summed E-state index contributed by atoms with van der Waals surface area (Å²) in [6.45, 7) is -0.182. The van der Waals surface area contributed by atoms with Gasteiger partial charge < -0.3 is 10.2 Å². The van der Waals surface area contributed by atoms with E-state index in [0.29, 0.717) is 10.6 Å². The fourth-order valence-electron chi connectivity index (χ4n) is 4.80. The Morgan fingerprint density at radius 3 is 2.59 bits per heavy atom. The summed E-state index contributed by atoms with van der Waals surface area (Å²) in [5.41, 5.74) is 0.894. The number of hydrogen-bond donors (Lipinski definition) is 1. The summed E-state index contributed by atoms with van der Waals surface area (Å²) < 4.78 is 14.3. The number of hydrogen-bond acceptors (Lipinski definition) is 6. The molecule has 2 aromatic heterocycles. The Bertz CT molecular complexity index is 1420. The van der Waals surface area contributed by atoms with E-state index >= 15 is 0 Å². The fraction of sp³-hybridized carbons (Fsp3) is 0.321. The lowest BCUT2D eigenvalue weighted by molar-refractivity contribution is -0.142. The molecule has 202 valence electrons. The van der Waals surface area contributed by atoms with Crippen LogP contribution in [0, 0.1) is 5.82 Å². The molecule has 1 fully saturated rings. The molecule has 2 aromatic carbocycles. The third kappa shape index (κ3) is 6.51. The van der Waals surface area contributed by atoms with Gasteiger partial charge in [-0.25, -0.2) is 4.39 Å². The number of halogens is 2. The van der Waals surface area contributed by atoms with Gasteiger partial charge in [-0.3, -0.25) is 9.59 Å². The summed E-state index contributed by atoms with van der Waals surface area (Å²) in [7, 11) is 0. The van der Waals surface area contributed by atoms with Crippen LogP contribution in [0.2, 0.25) is 5.02 Å². The van der Waals surface area contributed by atoms with Crippen LogP contribution in [0.15, 0.2) is 66.0 Å². The fourth-order valence-corrected chi connectivity index (χ4v) is 5.83. The third-order valence-electron chi connectivity index (χ3n) is 6.79. The average Bonchev–Trinajstić information content (AvgIpc) is 3.63. The summed E-state index contributed by atoms with van der Waals surface area (Å²) in [6.07, 6.45) is 5.14. The largest absolute Gasteiger partial charge is 0.351 e. The first-order chi connectivity index (χ1) is 19.0. The highest BCUT2D eigenvalue weighted by Crippen LogP contribution is 2.30. The van der Waals surface area contributed by atoms with Crippen molar-refractivity contribution in [2.45, 2.75) is 57.3 Å². The Hall–Kier alpha value is -3.63. The molecule has 4 aromatic rings. The normalized spacial score (nSPS) is 14.6. The number of rotatable bonds is 9. The van der Waals surface area contributed by atoms with Crippen LogP contribution in [0.3, 0.4) is 0 Å². The van der Waals surface area contributed by atoms with Crippen LogP contribution in [-0.4, -0.2) is 43.0 Å². The van der Waals surface area contributed by atoms with Gasteiger partial charge in [0, 0.05) is 22.5 Å². The zero-order valence-corrected chi connectivity index (χ0v) is 22.7. The van der Waals surface area contributed by atoms with Crippen molar-refractivity contribution in [2.75, 3.05) is 0 Å². The van der Waals surface area contributed by atoms with Gasteiger partial charge in [0.1, 0.15) is 18.4 Å². The minimum atomic E-state index is -0.870. The van der Waals surface area contributed by atoms with Crippen molar-refractivity contribution in [3.8, 4) is 11.4 Å². The maximum Gasteiger partial charge on any atom is 0.248 e. The van der Waals surface area contributed by atoms with Crippen LogP contribution < -0.4 is 5.32 Å². The molecular formula is C28H28ClFN6O2S. The van der Waals surface area contributed by atoms with E-state index in [2.05, 4.69) is 20.7 Å². The van der Waals surface area contributed by atoms with Crippen molar-refractivity contribution in [3.05, 3.63) is 87.3 Å². The van der Waals surface area contributed by atoms with E-state index in [1.165, 1.54) is 22.3 Å². The second-order valence-electron chi connectivity index (χ2n) is 9.50. The van der Waals surface area contributed by atoms with Crippen molar-refractivity contribution in [2.24, 2.45) is 0 Å². The maximum absolute atomic E-state index is 14.3.